The van der Waals surface area contributed by atoms with E-state index in [-0.39, 0.29) is 6.03 Å². The summed E-state index contributed by atoms with van der Waals surface area (Å²) in [5.41, 5.74) is 1.52. The maximum Gasteiger partial charge on any atom is 0.319 e. The summed E-state index contributed by atoms with van der Waals surface area (Å²) in [6, 6.07) is 6.93. The van der Waals surface area contributed by atoms with Crippen LogP contribution in [0.2, 0.25) is 0 Å². The van der Waals surface area contributed by atoms with Crippen LogP contribution in [0, 0.1) is 0 Å². The number of aromatic nitrogens is 1. The molecular weight excluding hydrogens is 314 g/mol. The number of amides is 2. The van der Waals surface area contributed by atoms with Crippen molar-refractivity contribution in [2.24, 2.45) is 0 Å². The maximum absolute atomic E-state index is 11.7. The Morgan fingerprint density at radius 2 is 2.00 bits per heavy atom. The standard InChI is InChI=1S/C16H21N3O3S/c1-11(2)14-10-18-15(22-14)12-4-6-13(7-5-12)19-16(20)17-8-9-23(3)21/h4-7,10-11H,8-9H2,1-3H3,(H2,17,19,20). The van der Waals surface area contributed by atoms with Crippen LogP contribution in [0.15, 0.2) is 34.9 Å². The van der Waals surface area contributed by atoms with Crippen molar-refractivity contribution in [3.8, 4) is 11.5 Å². The van der Waals surface area contributed by atoms with Gasteiger partial charge in [0.25, 0.3) is 0 Å². The van der Waals surface area contributed by atoms with E-state index in [1.54, 1.807) is 24.6 Å². The third-order valence-electron chi connectivity index (χ3n) is 3.16. The van der Waals surface area contributed by atoms with E-state index in [0.717, 1.165) is 11.3 Å². The van der Waals surface area contributed by atoms with Crippen molar-refractivity contribution >= 4 is 22.5 Å². The molecule has 0 aliphatic heterocycles. The normalized spacial score (nSPS) is 12.2. The zero-order chi connectivity index (χ0) is 16.8. The highest BCUT2D eigenvalue weighted by molar-refractivity contribution is 7.84. The van der Waals surface area contributed by atoms with Gasteiger partial charge < -0.3 is 15.1 Å². The fraction of sp³-hybridized carbons (Fsp3) is 0.375. The molecule has 2 amide bonds. The number of hydrogen-bond acceptors (Lipinski definition) is 4. The minimum atomic E-state index is -0.914. The van der Waals surface area contributed by atoms with Gasteiger partial charge in [-0.1, -0.05) is 13.8 Å². The van der Waals surface area contributed by atoms with E-state index in [2.05, 4.69) is 15.6 Å². The molecule has 2 aromatic rings. The van der Waals surface area contributed by atoms with Crippen LogP contribution in [-0.2, 0) is 10.8 Å². The summed E-state index contributed by atoms with van der Waals surface area (Å²) >= 11 is 0. The van der Waals surface area contributed by atoms with Crippen LogP contribution in [0.3, 0.4) is 0 Å². The lowest BCUT2D eigenvalue weighted by Gasteiger charge is -2.07. The van der Waals surface area contributed by atoms with E-state index in [1.807, 2.05) is 26.0 Å². The summed E-state index contributed by atoms with van der Waals surface area (Å²) in [6.45, 7) is 4.47. The fourth-order valence-electron chi connectivity index (χ4n) is 1.87. The molecule has 1 aromatic carbocycles. The Balaban J connectivity index is 1.93. The second-order valence-electron chi connectivity index (χ2n) is 5.46. The van der Waals surface area contributed by atoms with E-state index in [4.69, 9.17) is 4.42 Å². The summed E-state index contributed by atoms with van der Waals surface area (Å²) in [6.07, 6.45) is 3.34. The third kappa shape index (κ3) is 5.21. The Bertz CT molecular complexity index is 680. The minimum absolute atomic E-state index is 0.290. The first-order valence-electron chi connectivity index (χ1n) is 7.36. The molecule has 23 heavy (non-hydrogen) atoms. The van der Waals surface area contributed by atoms with Gasteiger partial charge in [0.05, 0.1) is 6.20 Å². The summed E-state index contributed by atoms with van der Waals surface area (Å²) < 4.78 is 16.6. The highest BCUT2D eigenvalue weighted by Gasteiger charge is 2.09. The molecule has 1 unspecified atom stereocenters. The van der Waals surface area contributed by atoms with Crippen molar-refractivity contribution in [2.45, 2.75) is 19.8 Å². The molecule has 0 saturated carbocycles. The average Bonchev–Trinajstić information content (AvgIpc) is 2.97. The first kappa shape index (κ1) is 17.2. The maximum atomic E-state index is 11.7. The average molecular weight is 335 g/mol. The molecule has 0 fully saturated rings. The topological polar surface area (TPSA) is 84.2 Å². The van der Waals surface area contributed by atoms with Crippen LogP contribution in [-0.4, -0.2) is 33.8 Å². The van der Waals surface area contributed by atoms with Gasteiger partial charge in [-0.15, -0.1) is 0 Å². The lowest BCUT2D eigenvalue weighted by atomic mass is 10.2. The Kier molecular flexibility index (Phi) is 5.92. The molecule has 1 atom stereocenters. The molecule has 0 aliphatic rings. The van der Waals surface area contributed by atoms with Gasteiger partial charge in [0.15, 0.2) is 0 Å². The number of nitrogens with zero attached hydrogens (tertiary/aromatic N) is 1. The molecule has 7 heteroatoms. The quantitative estimate of drug-likeness (QED) is 0.850. The molecule has 0 spiro atoms. The van der Waals surface area contributed by atoms with Crippen LogP contribution in [0.1, 0.15) is 25.5 Å². The number of carbonyl (C=O) groups excluding carboxylic acids is 1. The number of nitrogens with one attached hydrogen (secondary N) is 2. The Labute approximate surface area is 138 Å². The van der Waals surface area contributed by atoms with Gasteiger partial charge in [0.1, 0.15) is 5.76 Å². The molecule has 124 valence electrons. The van der Waals surface area contributed by atoms with Crippen LogP contribution >= 0.6 is 0 Å². The SMILES string of the molecule is CC(C)c1cnc(-c2ccc(NC(=O)NCCS(C)=O)cc2)o1. The predicted molar refractivity (Wildman–Crippen MR) is 92.0 cm³/mol. The molecule has 2 rings (SSSR count). The van der Waals surface area contributed by atoms with E-state index in [9.17, 15) is 9.00 Å². The minimum Gasteiger partial charge on any atom is -0.441 e. The first-order valence-corrected chi connectivity index (χ1v) is 9.09. The smallest absolute Gasteiger partial charge is 0.319 e. The second-order valence-corrected chi connectivity index (χ2v) is 7.01. The molecule has 1 aromatic heterocycles. The lowest BCUT2D eigenvalue weighted by Crippen LogP contribution is -2.31. The highest BCUT2D eigenvalue weighted by atomic mass is 32.2. The van der Waals surface area contributed by atoms with Gasteiger partial charge in [-0.3, -0.25) is 4.21 Å². The first-order chi connectivity index (χ1) is 11.0. The Hall–Kier alpha value is -2.15. The van der Waals surface area contributed by atoms with Gasteiger partial charge in [-0.05, 0) is 24.3 Å². The fourth-order valence-corrected chi connectivity index (χ4v) is 2.26. The highest BCUT2D eigenvalue weighted by Crippen LogP contribution is 2.24. The van der Waals surface area contributed by atoms with Crippen LogP contribution in [0.4, 0.5) is 10.5 Å². The second kappa shape index (κ2) is 7.92. The van der Waals surface area contributed by atoms with Crippen molar-refractivity contribution in [3.05, 3.63) is 36.2 Å². The molecular formula is C16H21N3O3S. The summed E-state index contributed by atoms with van der Waals surface area (Å²) in [4.78, 5) is 15.9. The number of oxazole rings is 1. The van der Waals surface area contributed by atoms with Crippen LogP contribution in [0.25, 0.3) is 11.5 Å². The van der Waals surface area contributed by atoms with Crippen molar-refractivity contribution < 1.29 is 13.4 Å². The van der Waals surface area contributed by atoms with Crippen LogP contribution < -0.4 is 10.6 Å². The largest absolute Gasteiger partial charge is 0.441 e. The number of benzene rings is 1. The summed E-state index contributed by atoms with van der Waals surface area (Å²) in [5.74, 6) is 2.14. The van der Waals surface area contributed by atoms with Gasteiger partial charge in [0, 0.05) is 46.5 Å². The number of anilines is 1. The molecule has 2 N–H and O–H groups in total. The summed E-state index contributed by atoms with van der Waals surface area (Å²) in [5, 5.41) is 5.37. The van der Waals surface area contributed by atoms with E-state index < -0.39 is 10.8 Å². The van der Waals surface area contributed by atoms with E-state index in [0.29, 0.717) is 29.8 Å². The zero-order valence-electron chi connectivity index (χ0n) is 13.5. The lowest BCUT2D eigenvalue weighted by molar-refractivity contribution is 0.252. The van der Waals surface area contributed by atoms with Gasteiger partial charge in [-0.25, -0.2) is 9.78 Å². The predicted octanol–water partition coefficient (Wildman–Crippen LogP) is 2.97. The monoisotopic (exact) mass is 335 g/mol. The van der Waals surface area contributed by atoms with Gasteiger partial charge in [0.2, 0.25) is 5.89 Å². The van der Waals surface area contributed by atoms with Crippen LogP contribution in [0.5, 0.6) is 0 Å². The number of urea groups is 1. The van der Waals surface area contributed by atoms with Gasteiger partial charge >= 0.3 is 6.03 Å². The molecule has 1 heterocycles. The van der Waals surface area contributed by atoms with E-state index >= 15 is 0 Å². The number of hydrogen-bond donors (Lipinski definition) is 2. The molecule has 0 bridgehead atoms. The zero-order valence-corrected chi connectivity index (χ0v) is 14.3. The Morgan fingerprint density at radius 3 is 2.57 bits per heavy atom. The molecule has 0 radical (unpaired) electrons. The van der Waals surface area contributed by atoms with Crippen molar-refractivity contribution in [1.29, 1.82) is 0 Å². The van der Waals surface area contributed by atoms with Crippen molar-refractivity contribution in [1.82, 2.24) is 10.3 Å². The number of carbonyl (C=O) groups is 1. The van der Waals surface area contributed by atoms with Crippen molar-refractivity contribution in [3.63, 3.8) is 0 Å². The van der Waals surface area contributed by atoms with Crippen molar-refractivity contribution in [2.75, 3.05) is 23.9 Å². The molecule has 6 nitrogen and oxygen atoms in total. The Morgan fingerprint density at radius 1 is 1.30 bits per heavy atom. The number of rotatable bonds is 6. The third-order valence-corrected chi connectivity index (χ3v) is 3.94. The van der Waals surface area contributed by atoms with E-state index in [1.165, 1.54) is 0 Å². The molecule has 0 saturated heterocycles. The van der Waals surface area contributed by atoms with Gasteiger partial charge in [-0.2, -0.15) is 0 Å². The molecule has 0 aliphatic carbocycles. The summed E-state index contributed by atoms with van der Waals surface area (Å²) in [7, 11) is -0.914.